The number of para-hydroxylation sites is 1. The van der Waals surface area contributed by atoms with Gasteiger partial charge < -0.3 is 14.8 Å². The number of methoxy groups -OCH3 is 1. The van der Waals surface area contributed by atoms with Crippen molar-refractivity contribution in [2.45, 2.75) is 26.2 Å². The van der Waals surface area contributed by atoms with Gasteiger partial charge in [-0.1, -0.05) is 19.1 Å². The molecule has 0 aromatic heterocycles. The number of hydrogen-bond donors (Lipinski definition) is 1. The third kappa shape index (κ3) is 3.31. The van der Waals surface area contributed by atoms with Crippen molar-refractivity contribution in [1.82, 2.24) is 0 Å². The fourth-order valence-corrected chi connectivity index (χ4v) is 1.71. The molecule has 1 unspecified atom stereocenters. The molecule has 0 fully saturated rings. The molecule has 92 valence electrons. The van der Waals surface area contributed by atoms with Gasteiger partial charge >= 0.3 is 0 Å². The summed E-state index contributed by atoms with van der Waals surface area (Å²) in [6.07, 6.45) is 1.29. The second-order valence-electron chi connectivity index (χ2n) is 3.91. The average Bonchev–Trinajstić information content (AvgIpc) is 2.28. The molecule has 4 nitrogen and oxygen atoms in total. The first kappa shape index (κ1) is 13.2. The second kappa shape index (κ2) is 6.03. The van der Waals surface area contributed by atoms with Crippen LogP contribution in [0.25, 0.3) is 0 Å². The highest BCUT2D eigenvalue weighted by molar-refractivity contribution is 5.91. The molecule has 17 heavy (non-hydrogen) atoms. The van der Waals surface area contributed by atoms with E-state index in [1.54, 1.807) is 13.2 Å². The van der Waals surface area contributed by atoms with Crippen LogP contribution in [0.5, 0.6) is 5.75 Å². The standard InChI is InChI=1S/C13H17NO3/c1-9(7-8-15)11-5-4-6-12(17-3)13(11)14-10(2)16/h4-6,8-9H,7H2,1-3H3,(H,14,16). The number of aldehydes is 1. The number of carbonyl (C=O) groups is 2. The summed E-state index contributed by atoms with van der Waals surface area (Å²) in [7, 11) is 1.55. The van der Waals surface area contributed by atoms with Crippen molar-refractivity contribution in [2.24, 2.45) is 0 Å². The Hall–Kier alpha value is -1.84. The van der Waals surface area contributed by atoms with E-state index in [0.717, 1.165) is 11.8 Å². The Kier molecular flexibility index (Phi) is 4.69. The van der Waals surface area contributed by atoms with E-state index >= 15 is 0 Å². The first-order valence-electron chi connectivity index (χ1n) is 5.48. The first-order valence-corrected chi connectivity index (χ1v) is 5.48. The third-order valence-electron chi connectivity index (χ3n) is 2.56. The molecule has 1 aromatic rings. The van der Waals surface area contributed by atoms with Crippen LogP contribution in [0, 0.1) is 0 Å². The Bertz CT molecular complexity index is 415. The number of carbonyl (C=O) groups excluding carboxylic acids is 2. The zero-order valence-electron chi connectivity index (χ0n) is 10.3. The van der Waals surface area contributed by atoms with Gasteiger partial charge in [0.15, 0.2) is 0 Å². The topological polar surface area (TPSA) is 55.4 Å². The Labute approximate surface area is 101 Å². The summed E-state index contributed by atoms with van der Waals surface area (Å²) >= 11 is 0. The van der Waals surface area contributed by atoms with Crippen molar-refractivity contribution in [2.75, 3.05) is 12.4 Å². The predicted octanol–water partition coefficient (Wildman–Crippen LogP) is 2.35. The summed E-state index contributed by atoms with van der Waals surface area (Å²) in [5.41, 5.74) is 1.56. The summed E-state index contributed by atoms with van der Waals surface area (Å²) in [6.45, 7) is 3.38. The molecule has 0 saturated heterocycles. The summed E-state index contributed by atoms with van der Waals surface area (Å²) in [4.78, 5) is 21.7. The summed E-state index contributed by atoms with van der Waals surface area (Å²) in [5, 5.41) is 2.75. The van der Waals surface area contributed by atoms with Crippen LogP contribution in [0.2, 0.25) is 0 Å². The van der Waals surface area contributed by atoms with Crippen LogP contribution in [-0.2, 0) is 9.59 Å². The Morgan fingerprint density at radius 2 is 2.24 bits per heavy atom. The van der Waals surface area contributed by atoms with Crippen molar-refractivity contribution >= 4 is 17.9 Å². The SMILES string of the molecule is COc1cccc(C(C)CC=O)c1NC(C)=O. The van der Waals surface area contributed by atoms with Crippen LogP contribution in [0.4, 0.5) is 5.69 Å². The predicted molar refractivity (Wildman–Crippen MR) is 66.4 cm³/mol. The zero-order chi connectivity index (χ0) is 12.8. The number of anilines is 1. The minimum Gasteiger partial charge on any atom is -0.495 e. The quantitative estimate of drug-likeness (QED) is 0.797. The maximum absolute atomic E-state index is 11.2. The number of nitrogens with one attached hydrogen (secondary N) is 1. The van der Waals surface area contributed by atoms with E-state index in [2.05, 4.69) is 5.32 Å². The van der Waals surface area contributed by atoms with Crippen molar-refractivity contribution < 1.29 is 14.3 Å². The smallest absolute Gasteiger partial charge is 0.221 e. The lowest BCUT2D eigenvalue weighted by Gasteiger charge is -2.17. The Morgan fingerprint density at radius 3 is 2.76 bits per heavy atom. The molecular weight excluding hydrogens is 218 g/mol. The van der Waals surface area contributed by atoms with Crippen molar-refractivity contribution in [3.63, 3.8) is 0 Å². The highest BCUT2D eigenvalue weighted by Gasteiger charge is 2.15. The van der Waals surface area contributed by atoms with Gasteiger partial charge in [0.1, 0.15) is 12.0 Å². The number of amides is 1. The van der Waals surface area contributed by atoms with E-state index in [4.69, 9.17) is 4.74 Å². The van der Waals surface area contributed by atoms with Gasteiger partial charge in [0.05, 0.1) is 12.8 Å². The molecular formula is C13H17NO3. The molecule has 0 bridgehead atoms. The first-order chi connectivity index (χ1) is 8.10. The third-order valence-corrected chi connectivity index (χ3v) is 2.56. The van der Waals surface area contributed by atoms with Gasteiger partial charge in [0.25, 0.3) is 0 Å². The van der Waals surface area contributed by atoms with Gasteiger partial charge in [0, 0.05) is 13.3 Å². The minimum atomic E-state index is -0.158. The van der Waals surface area contributed by atoms with E-state index < -0.39 is 0 Å². The number of hydrogen-bond acceptors (Lipinski definition) is 3. The molecule has 1 amide bonds. The summed E-state index contributed by atoms with van der Waals surface area (Å²) < 4.78 is 5.21. The van der Waals surface area contributed by atoms with Gasteiger partial charge in [-0.2, -0.15) is 0 Å². The van der Waals surface area contributed by atoms with E-state index in [1.807, 2.05) is 19.1 Å². The van der Waals surface area contributed by atoms with Crippen molar-refractivity contribution in [1.29, 1.82) is 0 Å². The monoisotopic (exact) mass is 235 g/mol. The number of ether oxygens (including phenoxy) is 1. The van der Waals surface area contributed by atoms with Gasteiger partial charge in [-0.05, 0) is 17.5 Å². The van der Waals surface area contributed by atoms with E-state index in [9.17, 15) is 9.59 Å². The number of benzene rings is 1. The number of rotatable bonds is 5. The largest absolute Gasteiger partial charge is 0.495 e. The van der Waals surface area contributed by atoms with E-state index in [-0.39, 0.29) is 11.8 Å². The lowest BCUT2D eigenvalue weighted by molar-refractivity contribution is -0.114. The van der Waals surface area contributed by atoms with Crippen LogP contribution < -0.4 is 10.1 Å². The van der Waals surface area contributed by atoms with Crippen LogP contribution in [-0.4, -0.2) is 19.3 Å². The molecule has 0 aliphatic carbocycles. The van der Waals surface area contributed by atoms with Crippen LogP contribution in [0.3, 0.4) is 0 Å². The lowest BCUT2D eigenvalue weighted by atomic mass is 9.96. The second-order valence-corrected chi connectivity index (χ2v) is 3.91. The van der Waals surface area contributed by atoms with E-state index in [1.165, 1.54) is 6.92 Å². The van der Waals surface area contributed by atoms with Gasteiger partial charge in [-0.15, -0.1) is 0 Å². The maximum atomic E-state index is 11.2. The highest BCUT2D eigenvalue weighted by Crippen LogP contribution is 2.34. The van der Waals surface area contributed by atoms with Gasteiger partial charge in [-0.25, -0.2) is 0 Å². The van der Waals surface area contributed by atoms with E-state index in [0.29, 0.717) is 17.9 Å². The van der Waals surface area contributed by atoms with Crippen molar-refractivity contribution in [3.05, 3.63) is 23.8 Å². The normalized spacial score (nSPS) is 11.7. The fourth-order valence-electron chi connectivity index (χ4n) is 1.71. The molecule has 0 heterocycles. The Morgan fingerprint density at radius 1 is 1.53 bits per heavy atom. The Balaban J connectivity index is 3.17. The molecule has 4 heteroatoms. The summed E-state index contributed by atoms with van der Waals surface area (Å²) in [6, 6.07) is 5.52. The molecule has 1 N–H and O–H groups in total. The van der Waals surface area contributed by atoms with Gasteiger partial charge in [0.2, 0.25) is 5.91 Å². The zero-order valence-corrected chi connectivity index (χ0v) is 10.3. The highest BCUT2D eigenvalue weighted by atomic mass is 16.5. The van der Waals surface area contributed by atoms with Crippen LogP contribution in [0.15, 0.2) is 18.2 Å². The molecule has 0 aliphatic heterocycles. The van der Waals surface area contributed by atoms with Gasteiger partial charge in [-0.3, -0.25) is 4.79 Å². The molecule has 1 aromatic carbocycles. The molecule has 1 atom stereocenters. The fraction of sp³-hybridized carbons (Fsp3) is 0.385. The maximum Gasteiger partial charge on any atom is 0.221 e. The molecule has 0 spiro atoms. The molecule has 0 aliphatic rings. The van der Waals surface area contributed by atoms with Crippen LogP contribution >= 0.6 is 0 Å². The lowest BCUT2D eigenvalue weighted by Crippen LogP contribution is -2.11. The molecule has 1 rings (SSSR count). The molecule has 0 saturated carbocycles. The molecule has 0 radical (unpaired) electrons. The van der Waals surface area contributed by atoms with Crippen LogP contribution in [0.1, 0.15) is 31.7 Å². The minimum absolute atomic E-state index is 0.0458. The van der Waals surface area contributed by atoms with Crippen molar-refractivity contribution in [3.8, 4) is 5.75 Å². The summed E-state index contributed by atoms with van der Waals surface area (Å²) in [5.74, 6) is 0.494. The average molecular weight is 235 g/mol.